The average molecular weight is 282 g/mol. The second-order valence-corrected chi connectivity index (χ2v) is 4.79. The van der Waals surface area contributed by atoms with Crippen molar-refractivity contribution in [1.29, 1.82) is 0 Å². The summed E-state index contributed by atoms with van der Waals surface area (Å²) in [5.41, 5.74) is 1.03. The first kappa shape index (κ1) is 14.0. The van der Waals surface area contributed by atoms with Gasteiger partial charge in [-0.15, -0.1) is 0 Å². The topological polar surface area (TPSA) is 12.0 Å². The Morgan fingerprint density at radius 3 is 2.37 bits per heavy atom. The van der Waals surface area contributed by atoms with E-state index in [1.165, 1.54) is 18.2 Å². The summed E-state index contributed by atoms with van der Waals surface area (Å²) in [4.78, 5) is 0. The number of nitrogens with one attached hydrogen (secondary N) is 1. The largest absolute Gasteiger partial charge is 0.306 e. The molecule has 1 N–H and O–H groups in total. The van der Waals surface area contributed by atoms with Crippen LogP contribution in [0.5, 0.6) is 0 Å². The minimum Gasteiger partial charge on any atom is -0.306 e. The van der Waals surface area contributed by atoms with Crippen molar-refractivity contribution in [2.75, 3.05) is 0 Å². The van der Waals surface area contributed by atoms with E-state index >= 15 is 0 Å². The number of hydrogen-bond acceptors (Lipinski definition) is 1. The van der Waals surface area contributed by atoms with Crippen molar-refractivity contribution < 1.29 is 8.78 Å². The number of halogens is 3. The summed E-state index contributed by atoms with van der Waals surface area (Å²) >= 11 is 5.91. The van der Waals surface area contributed by atoms with Crippen molar-refractivity contribution in [1.82, 2.24) is 5.32 Å². The van der Waals surface area contributed by atoms with Gasteiger partial charge in [-0.1, -0.05) is 29.8 Å². The molecular weight excluding hydrogens is 268 g/mol. The Hall–Kier alpha value is -1.45. The van der Waals surface area contributed by atoms with Gasteiger partial charge in [0, 0.05) is 23.2 Å². The molecule has 1 nitrogen and oxygen atoms in total. The Bertz CT molecular complexity index is 552. The minimum absolute atomic E-state index is 0.0438. The molecule has 2 rings (SSSR count). The van der Waals surface area contributed by atoms with Gasteiger partial charge in [-0.3, -0.25) is 0 Å². The van der Waals surface area contributed by atoms with E-state index in [-0.39, 0.29) is 18.2 Å². The van der Waals surface area contributed by atoms with Crippen LogP contribution in [0.15, 0.2) is 42.5 Å². The van der Waals surface area contributed by atoms with Crippen LogP contribution in [-0.2, 0) is 6.54 Å². The summed E-state index contributed by atoms with van der Waals surface area (Å²) in [6, 6.07) is 11.2. The first-order valence-corrected chi connectivity index (χ1v) is 6.37. The Kier molecular flexibility index (Phi) is 4.51. The van der Waals surface area contributed by atoms with Gasteiger partial charge in [0.1, 0.15) is 11.6 Å². The van der Waals surface area contributed by atoms with Gasteiger partial charge >= 0.3 is 0 Å². The van der Waals surface area contributed by atoms with E-state index in [2.05, 4.69) is 5.32 Å². The maximum Gasteiger partial charge on any atom is 0.130 e. The fourth-order valence-corrected chi connectivity index (χ4v) is 2.05. The second kappa shape index (κ2) is 6.13. The molecule has 1 atom stereocenters. The summed E-state index contributed by atoms with van der Waals surface area (Å²) in [6.07, 6.45) is 0. The average Bonchev–Trinajstić information content (AvgIpc) is 2.38. The Morgan fingerprint density at radius 1 is 1.11 bits per heavy atom. The van der Waals surface area contributed by atoms with Crippen LogP contribution in [0.4, 0.5) is 8.78 Å². The molecule has 1 unspecified atom stereocenters. The van der Waals surface area contributed by atoms with Crippen molar-refractivity contribution in [3.8, 4) is 0 Å². The summed E-state index contributed by atoms with van der Waals surface area (Å²) in [5.74, 6) is -1.07. The van der Waals surface area contributed by atoms with Crippen LogP contribution in [0.2, 0.25) is 5.02 Å². The summed E-state index contributed by atoms with van der Waals surface area (Å²) in [6.45, 7) is 2.05. The molecule has 2 aromatic rings. The van der Waals surface area contributed by atoms with Crippen LogP contribution >= 0.6 is 11.6 Å². The van der Waals surface area contributed by atoms with E-state index in [1.807, 2.05) is 25.1 Å². The summed E-state index contributed by atoms with van der Waals surface area (Å²) < 4.78 is 26.9. The number of rotatable bonds is 4. The van der Waals surface area contributed by atoms with Gasteiger partial charge in [0.2, 0.25) is 0 Å². The van der Waals surface area contributed by atoms with Gasteiger partial charge in [-0.05, 0) is 36.8 Å². The maximum atomic E-state index is 13.5. The molecule has 0 saturated carbocycles. The SMILES string of the molecule is CC(NCc1c(F)cccc1F)c1cccc(Cl)c1. The standard InChI is InChI=1S/C15H14ClF2N/c1-10(11-4-2-5-12(16)8-11)19-9-13-14(17)6-3-7-15(13)18/h2-8,10,19H,9H2,1H3. The van der Waals surface area contributed by atoms with Crippen LogP contribution in [0, 0.1) is 11.6 Å². The molecular formula is C15H14ClF2N. The molecule has 0 radical (unpaired) electrons. The van der Waals surface area contributed by atoms with Crippen molar-refractivity contribution in [2.24, 2.45) is 0 Å². The Morgan fingerprint density at radius 2 is 1.74 bits per heavy atom. The highest BCUT2D eigenvalue weighted by molar-refractivity contribution is 6.30. The lowest BCUT2D eigenvalue weighted by molar-refractivity contribution is 0.509. The monoisotopic (exact) mass is 281 g/mol. The summed E-state index contributed by atoms with van der Waals surface area (Å²) in [7, 11) is 0. The van der Waals surface area contributed by atoms with Gasteiger partial charge in [0.25, 0.3) is 0 Å². The zero-order valence-corrected chi connectivity index (χ0v) is 11.2. The number of hydrogen-bond donors (Lipinski definition) is 1. The van der Waals surface area contributed by atoms with Gasteiger partial charge in [0.05, 0.1) is 0 Å². The van der Waals surface area contributed by atoms with Crippen molar-refractivity contribution in [2.45, 2.75) is 19.5 Å². The van der Waals surface area contributed by atoms with Crippen LogP contribution in [-0.4, -0.2) is 0 Å². The molecule has 0 aliphatic rings. The predicted octanol–water partition coefficient (Wildman–Crippen LogP) is 4.47. The highest BCUT2D eigenvalue weighted by Crippen LogP contribution is 2.19. The normalized spacial score (nSPS) is 12.4. The van der Waals surface area contributed by atoms with Gasteiger partial charge in [-0.2, -0.15) is 0 Å². The quantitative estimate of drug-likeness (QED) is 0.872. The molecule has 0 fully saturated rings. The molecule has 0 aliphatic carbocycles. The molecule has 2 aromatic carbocycles. The van der Waals surface area contributed by atoms with E-state index < -0.39 is 11.6 Å². The summed E-state index contributed by atoms with van der Waals surface area (Å²) in [5, 5.41) is 3.73. The van der Waals surface area contributed by atoms with E-state index in [0.29, 0.717) is 5.02 Å². The molecule has 19 heavy (non-hydrogen) atoms. The molecule has 4 heteroatoms. The molecule has 0 heterocycles. The molecule has 0 aliphatic heterocycles. The lowest BCUT2D eigenvalue weighted by atomic mass is 10.1. The van der Waals surface area contributed by atoms with Crippen LogP contribution < -0.4 is 5.32 Å². The third kappa shape index (κ3) is 3.52. The fraction of sp³-hybridized carbons (Fsp3) is 0.200. The number of benzene rings is 2. The maximum absolute atomic E-state index is 13.5. The van der Waals surface area contributed by atoms with Gasteiger partial charge in [0.15, 0.2) is 0 Å². The lowest BCUT2D eigenvalue weighted by Crippen LogP contribution is -2.19. The highest BCUT2D eigenvalue weighted by atomic mass is 35.5. The van der Waals surface area contributed by atoms with E-state index in [9.17, 15) is 8.78 Å². The van der Waals surface area contributed by atoms with Crippen LogP contribution in [0.3, 0.4) is 0 Å². The van der Waals surface area contributed by atoms with Gasteiger partial charge in [-0.25, -0.2) is 8.78 Å². The van der Waals surface area contributed by atoms with Crippen LogP contribution in [0.25, 0.3) is 0 Å². The zero-order valence-electron chi connectivity index (χ0n) is 10.5. The highest BCUT2D eigenvalue weighted by Gasteiger charge is 2.10. The molecule has 0 amide bonds. The first-order chi connectivity index (χ1) is 9.08. The molecule has 0 spiro atoms. The molecule has 0 saturated heterocycles. The smallest absolute Gasteiger partial charge is 0.130 e. The fourth-order valence-electron chi connectivity index (χ4n) is 1.85. The molecule has 0 bridgehead atoms. The van der Waals surface area contributed by atoms with E-state index in [1.54, 1.807) is 6.07 Å². The van der Waals surface area contributed by atoms with Crippen LogP contribution in [0.1, 0.15) is 24.1 Å². The van der Waals surface area contributed by atoms with E-state index in [0.717, 1.165) is 5.56 Å². The molecule has 100 valence electrons. The Labute approximate surface area is 116 Å². The minimum atomic E-state index is -0.536. The lowest BCUT2D eigenvalue weighted by Gasteiger charge is -2.15. The Balaban J connectivity index is 2.06. The predicted molar refractivity (Wildman–Crippen MR) is 73.1 cm³/mol. The van der Waals surface area contributed by atoms with Gasteiger partial charge < -0.3 is 5.32 Å². The van der Waals surface area contributed by atoms with Crippen molar-refractivity contribution in [3.05, 3.63) is 70.2 Å². The third-order valence-corrected chi connectivity index (χ3v) is 3.23. The molecule has 0 aromatic heterocycles. The second-order valence-electron chi connectivity index (χ2n) is 4.36. The van der Waals surface area contributed by atoms with Crippen molar-refractivity contribution in [3.63, 3.8) is 0 Å². The third-order valence-electron chi connectivity index (χ3n) is 3.00. The van der Waals surface area contributed by atoms with Crippen molar-refractivity contribution >= 4 is 11.6 Å². The first-order valence-electron chi connectivity index (χ1n) is 5.99. The van der Waals surface area contributed by atoms with E-state index in [4.69, 9.17) is 11.6 Å². The zero-order chi connectivity index (χ0) is 13.8.